The Morgan fingerprint density at radius 3 is 2.25 bits per heavy atom. The highest BCUT2D eigenvalue weighted by atomic mass is 16.1. The monoisotopic (exact) mass is 170 g/mol. The number of piperazine rings is 1. The molecule has 0 aromatic rings. The molecule has 1 rings (SSSR count). The maximum Gasteiger partial charge on any atom is 0.133 e. The Morgan fingerprint density at radius 2 is 1.75 bits per heavy atom. The molecule has 1 aliphatic rings. The van der Waals surface area contributed by atoms with Gasteiger partial charge in [0, 0.05) is 26.2 Å². The fraction of sp³-hybridized carbons (Fsp3) is 0.889. The first-order chi connectivity index (χ1) is 5.86. The third-order valence-electron chi connectivity index (χ3n) is 2.34. The van der Waals surface area contributed by atoms with E-state index in [9.17, 15) is 4.79 Å². The van der Waals surface area contributed by atoms with E-state index in [4.69, 9.17) is 0 Å². The van der Waals surface area contributed by atoms with Crippen molar-refractivity contribution in [2.75, 3.05) is 39.3 Å². The summed E-state index contributed by atoms with van der Waals surface area (Å²) >= 11 is 0. The molecular weight excluding hydrogens is 152 g/mol. The second-order valence-corrected chi connectivity index (χ2v) is 3.31. The van der Waals surface area contributed by atoms with E-state index in [1.807, 2.05) is 0 Å². The summed E-state index contributed by atoms with van der Waals surface area (Å²) in [7, 11) is 0. The van der Waals surface area contributed by atoms with Gasteiger partial charge in [-0.15, -0.1) is 0 Å². The van der Waals surface area contributed by atoms with Crippen LogP contribution >= 0.6 is 0 Å². The molecule has 3 heteroatoms. The van der Waals surface area contributed by atoms with Crippen LogP contribution < -0.4 is 0 Å². The Labute approximate surface area is 74.3 Å². The van der Waals surface area contributed by atoms with Gasteiger partial charge in [0.2, 0.25) is 0 Å². The van der Waals surface area contributed by atoms with E-state index in [0.717, 1.165) is 32.5 Å². The van der Waals surface area contributed by atoms with E-state index < -0.39 is 0 Å². The highest BCUT2D eigenvalue weighted by Crippen LogP contribution is 2.00. The van der Waals surface area contributed by atoms with Crippen molar-refractivity contribution >= 4 is 6.29 Å². The fourth-order valence-electron chi connectivity index (χ4n) is 1.62. The van der Waals surface area contributed by atoms with Crippen LogP contribution in [-0.4, -0.2) is 55.4 Å². The van der Waals surface area contributed by atoms with Crippen LogP contribution in [0.25, 0.3) is 0 Å². The maximum absolute atomic E-state index is 10.2. The lowest BCUT2D eigenvalue weighted by Crippen LogP contribution is -2.46. The first-order valence-electron chi connectivity index (χ1n) is 4.75. The fourth-order valence-corrected chi connectivity index (χ4v) is 1.62. The minimum atomic E-state index is 0.611. The lowest BCUT2D eigenvalue weighted by Gasteiger charge is -2.33. The molecule has 1 heterocycles. The molecule has 0 radical (unpaired) electrons. The summed E-state index contributed by atoms with van der Waals surface area (Å²) in [6, 6.07) is 0. The Kier molecular flexibility index (Phi) is 4.25. The SMILES string of the molecule is CCCN1CCN(CC=O)CC1. The van der Waals surface area contributed by atoms with Crippen LogP contribution in [0.3, 0.4) is 0 Å². The van der Waals surface area contributed by atoms with Crippen LogP contribution in [0.5, 0.6) is 0 Å². The van der Waals surface area contributed by atoms with Crippen molar-refractivity contribution in [3.63, 3.8) is 0 Å². The van der Waals surface area contributed by atoms with Gasteiger partial charge in [-0.1, -0.05) is 6.92 Å². The minimum absolute atomic E-state index is 0.611. The van der Waals surface area contributed by atoms with Crippen LogP contribution in [0.4, 0.5) is 0 Å². The standard InChI is InChI=1S/C9H18N2O/c1-2-3-10-4-6-11(7-5-10)8-9-12/h9H,2-8H2,1H3. The van der Waals surface area contributed by atoms with E-state index in [1.165, 1.54) is 13.0 Å². The van der Waals surface area contributed by atoms with E-state index in [0.29, 0.717) is 6.54 Å². The van der Waals surface area contributed by atoms with Crippen molar-refractivity contribution in [3.05, 3.63) is 0 Å². The van der Waals surface area contributed by atoms with Gasteiger partial charge in [-0.25, -0.2) is 0 Å². The number of hydrogen-bond acceptors (Lipinski definition) is 3. The lowest BCUT2D eigenvalue weighted by molar-refractivity contribution is -0.109. The first kappa shape index (κ1) is 9.68. The van der Waals surface area contributed by atoms with E-state index in [-0.39, 0.29) is 0 Å². The molecule has 0 bridgehead atoms. The van der Waals surface area contributed by atoms with E-state index in [2.05, 4.69) is 16.7 Å². The van der Waals surface area contributed by atoms with E-state index in [1.54, 1.807) is 0 Å². The molecule has 0 spiro atoms. The molecule has 0 aromatic carbocycles. The summed E-state index contributed by atoms with van der Waals surface area (Å²) in [5.41, 5.74) is 0. The molecule has 0 aromatic heterocycles. The normalized spacial score (nSPS) is 21.1. The van der Waals surface area contributed by atoms with E-state index >= 15 is 0 Å². The number of carbonyl (C=O) groups is 1. The number of nitrogens with zero attached hydrogens (tertiary/aromatic N) is 2. The molecule has 3 nitrogen and oxygen atoms in total. The second kappa shape index (κ2) is 5.27. The van der Waals surface area contributed by atoms with Gasteiger partial charge >= 0.3 is 0 Å². The predicted octanol–water partition coefficient (Wildman–Crippen LogP) is 0.213. The Bertz CT molecular complexity index is 130. The number of hydrogen-bond donors (Lipinski definition) is 0. The predicted molar refractivity (Wildman–Crippen MR) is 49.2 cm³/mol. The Morgan fingerprint density at radius 1 is 1.17 bits per heavy atom. The highest BCUT2D eigenvalue weighted by molar-refractivity contribution is 5.51. The van der Waals surface area contributed by atoms with Gasteiger partial charge in [0.05, 0.1) is 6.54 Å². The second-order valence-electron chi connectivity index (χ2n) is 3.31. The van der Waals surface area contributed by atoms with Gasteiger partial charge in [-0.3, -0.25) is 4.90 Å². The van der Waals surface area contributed by atoms with Crippen molar-refractivity contribution < 1.29 is 4.79 Å². The first-order valence-corrected chi connectivity index (χ1v) is 4.75. The maximum atomic E-state index is 10.2. The third kappa shape index (κ3) is 2.91. The summed E-state index contributed by atoms with van der Waals surface area (Å²) in [5, 5.41) is 0. The molecule has 0 atom stereocenters. The third-order valence-corrected chi connectivity index (χ3v) is 2.34. The molecule has 0 saturated carbocycles. The average molecular weight is 170 g/mol. The summed E-state index contributed by atoms with van der Waals surface area (Å²) < 4.78 is 0. The van der Waals surface area contributed by atoms with Crippen LogP contribution in [0.2, 0.25) is 0 Å². The van der Waals surface area contributed by atoms with Crippen molar-refractivity contribution in [3.8, 4) is 0 Å². The lowest BCUT2D eigenvalue weighted by atomic mass is 10.3. The van der Waals surface area contributed by atoms with Gasteiger partial charge in [-0.05, 0) is 13.0 Å². The quantitative estimate of drug-likeness (QED) is 0.564. The molecule has 12 heavy (non-hydrogen) atoms. The molecule has 1 aliphatic heterocycles. The van der Waals surface area contributed by atoms with Crippen LogP contribution in [0.15, 0.2) is 0 Å². The average Bonchev–Trinajstić information content (AvgIpc) is 2.09. The molecule has 1 saturated heterocycles. The summed E-state index contributed by atoms with van der Waals surface area (Å²) in [4.78, 5) is 14.9. The topological polar surface area (TPSA) is 23.6 Å². The van der Waals surface area contributed by atoms with Crippen molar-refractivity contribution in [1.29, 1.82) is 0 Å². The molecular formula is C9H18N2O. The smallest absolute Gasteiger partial charge is 0.133 e. The van der Waals surface area contributed by atoms with Crippen LogP contribution in [-0.2, 0) is 4.79 Å². The van der Waals surface area contributed by atoms with Gasteiger partial charge in [-0.2, -0.15) is 0 Å². The molecule has 0 unspecified atom stereocenters. The van der Waals surface area contributed by atoms with Crippen LogP contribution in [0.1, 0.15) is 13.3 Å². The molecule has 0 amide bonds. The zero-order valence-electron chi connectivity index (χ0n) is 7.83. The van der Waals surface area contributed by atoms with Gasteiger partial charge in [0.15, 0.2) is 0 Å². The summed E-state index contributed by atoms with van der Waals surface area (Å²) in [6.45, 7) is 8.38. The van der Waals surface area contributed by atoms with Gasteiger partial charge < -0.3 is 9.69 Å². The molecule has 1 fully saturated rings. The summed E-state index contributed by atoms with van der Waals surface area (Å²) in [6.07, 6.45) is 2.23. The highest BCUT2D eigenvalue weighted by Gasteiger charge is 2.14. The van der Waals surface area contributed by atoms with Crippen molar-refractivity contribution in [1.82, 2.24) is 9.80 Å². The molecule has 0 aliphatic carbocycles. The zero-order chi connectivity index (χ0) is 8.81. The zero-order valence-corrected chi connectivity index (χ0v) is 7.83. The summed E-state index contributed by atoms with van der Waals surface area (Å²) in [5.74, 6) is 0. The number of rotatable bonds is 4. The molecule has 0 N–H and O–H groups in total. The minimum Gasteiger partial charge on any atom is -0.302 e. The van der Waals surface area contributed by atoms with Crippen molar-refractivity contribution in [2.24, 2.45) is 0 Å². The largest absolute Gasteiger partial charge is 0.302 e. The Balaban J connectivity index is 2.15. The Hall–Kier alpha value is -0.410. The van der Waals surface area contributed by atoms with Gasteiger partial charge in [0.1, 0.15) is 6.29 Å². The van der Waals surface area contributed by atoms with Crippen molar-refractivity contribution in [2.45, 2.75) is 13.3 Å². The number of carbonyl (C=O) groups excluding carboxylic acids is 1. The van der Waals surface area contributed by atoms with Crippen LogP contribution in [0, 0.1) is 0 Å². The van der Waals surface area contributed by atoms with Gasteiger partial charge in [0.25, 0.3) is 0 Å². The molecule has 70 valence electrons. The number of aldehydes is 1.